The van der Waals surface area contributed by atoms with Gasteiger partial charge in [0.1, 0.15) is 5.78 Å². The molecular formula is C14H26O4P2. The van der Waals surface area contributed by atoms with Crippen LogP contribution in [0.25, 0.3) is 0 Å². The number of hydrogen-bond acceptors (Lipinski definition) is 4. The number of aliphatic hydroxyl groups is 1. The maximum absolute atomic E-state index is 12.4. The molecule has 0 bridgehead atoms. The molecule has 0 amide bonds. The number of ketones is 1. The van der Waals surface area contributed by atoms with Crippen molar-refractivity contribution in [3.63, 3.8) is 0 Å². The lowest BCUT2D eigenvalue weighted by molar-refractivity contribution is -0.130. The Morgan fingerprint density at radius 1 is 1.15 bits per heavy atom. The van der Waals surface area contributed by atoms with Gasteiger partial charge in [-0.15, -0.1) is 0 Å². The van der Waals surface area contributed by atoms with Crippen molar-refractivity contribution in [2.45, 2.75) is 69.7 Å². The molecule has 2 rings (SSSR count). The zero-order chi connectivity index (χ0) is 15.2. The minimum absolute atomic E-state index is 0.0467. The molecule has 2 aliphatic carbocycles. The van der Waals surface area contributed by atoms with Crippen molar-refractivity contribution < 1.29 is 18.9 Å². The average Bonchev–Trinajstić information content (AvgIpc) is 2.48. The maximum Gasteiger partial charge on any atom is 0.138 e. The standard InChI is InChI=1S/C14H26O4P2/c15-13(7-9-1-3-10(17-19)4-2-9)12-6-5-11(18-20)8-14(12)16/h9-12,14,16H,1-8,19-20H2/i20T. The van der Waals surface area contributed by atoms with E-state index in [1.165, 1.54) is 0 Å². The van der Waals surface area contributed by atoms with Crippen LogP contribution in [0.1, 0.15) is 51.4 Å². The summed E-state index contributed by atoms with van der Waals surface area (Å²) in [5.41, 5.74) is 0. The van der Waals surface area contributed by atoms with E-state index in [2.05, 4.69) is 9.47 Å². The van der Waals surface area contributed by atoms with E-state index in [9.17, 15) is 9.90 Å². The largest absolute Gasteiger partial charge is 0.392 e. The van der Waals surface area contributed by atoms with Crippen molar-refractivity contribution in [2.24, 2.45) is 11.8 Å². The molecule has 5 atom stereocenters. The van der Waals surface area contributed by atoms with E-state index in [-0.39, 0.29) is 27.2 Å². The molecule has 0 aromatic rings. The second kappa shape index (κ2) is 8.15. The van der Waals surface area contributed by atoms with Gasteiger partial charge in [-0.1, -0.05) is 0 Å². The molecule has 2 aliphatic rings. The summed E-state index contributed by atoms with van der Waals surface area (Å²) in [5.74, 6) is 0.434. The SMILES string of the molecule is [3H]POC1CCC(C(=O)CC2CCC(OP)CC2)C(O)C1. The highest BCUT2D eigenvalue weighted by atomic mass is 31.0. The minimum Gasteiger partial charge on any atom is -0.392 e. The average molecular weight is 322 g/mol. The Bertz CT molecular complexity index is 337. The lowest BCUT2D eigenvalue weighted by Crippen LogP contribution is -2.37. The summed E-state index contributed by atoms with van der Waals surface area (Å²) in [4.78, 5) is 12.4. The van der Waals surface area contributed by atoms with Crippen LogP contribution in [0, 0.1) is 11.8 Å². The van der Waals surface area contributed by atoms with Crippen molar-refractivity contribution in [3.05, 3.63) is 0 Å². The smallest absolute Gasteiger partial charge is 0.138 e. The van der Waals surface area contributed by atoms with Crippen LogP contribution in [0.4, 0.5) is 0 Å². The summed E-state index contributed by atoms with van der Waals surface area (Å²) in [6.07, 6.45) is 6.38. The van der Waals surface area contributed by atoms with E-state index in [1.807, 2.05) is 0 Å². The van der Waals surface area contributed by atoms with E-state index >= 15 is 0 Å². The second-order valence-electron chi connectivity index (χ2n) is 6.18. The Kier molecular flexibility index (Phi) is 6.24. The lowest BCUT2D eigenvalue weighted by Gasteiger charge is -2.33. The van der Waals surface area contributed by atoms with E-state index in [0.717, 1.165) is 32.1 Å². The maximum atomic E-state index is 12.4. The zero-order valence-corrected chi connectivity index (χ0v) is 13.9. The molecular weight excluding hydrogens is 294 g/mol. The first-order valence-electron chi connectivity index (χ1n) is 8.02. The Morgan fingerprint density at radius 2 is 1.85 bits per heavy atom. The molecule has 0 saturated heterocycles. The molecule has 0 spiro atoms. The normalized spacial score (nSPS) is 39.9. The molecule has 0 aromatic heterocycles. The van der Waals surface area contributed by atoms with Gasteiger partial charge < -0.3 is 14.2 Å². The highest BCUT2D eigenvalue weighted by molar-refractivity contribution is 7.10. The van der Waals surface area contributed by atoms with Crippen LogP contribution in [0.2, 0.25) is 0 Å². The number of aliphatic hydroxyl groups excluding tert-OH is 1. The first kappa shape index (κ1) is 15.3. The van der Waals surface area contributed by atoms with Crippen LogP contribution in [-0.2, 0) is 13.8 Å². The fourth-order valence-corrected chi connectivity index (χ4v) is 3.99. The van der Waals surface area contributed by atoms with Gasteiger partial charge in [0.05, 0.1) is 19.6 Å². The topological polar surface area (TPSA) is 55.8 Å². The predicted octanol–water partition coefficient (Wildman–Crippen LogP) is 2.65. The summed E-state index contributed by atoms with van der Waals surface area (Å²) >= 11 is 0. The zero-order valence-electron chi connectivity index (χ0n) is 12.8. The Morgan fingerprint density at radius 3 is 2.45 bits per heavy atom. The third-order valence-corrected chi connectivity index (χ3v) is 5.54. The van der Waals surface area contributed by atoms with Gasteiger partial charge in [0.25, 0.3) is 0 Å². The Labute approximate surface area is 127 Å². The van der Waals surface area contributed by atoms with Crippen molar-refractivity contribution in [1.82, 2.24) is 0 Å². The van der Waals surface area contributed by atoms with E-state index < -0.39 is 6.10 Å². The van der Waals surface area contributed by atoms with Crippen LogP contribution in [0.3, 0.4) is 0 Å². The van der Waals surface area contributed by atoms with Gasteiger partial charge in [-0.2, -0.15) is 0 Å². The molecule has 20 heavy (non-hydrogen) atoms. The van der Waals surface area contributed by atoms with Gasteiger partial charge in [0, 0.05) is 37.6 Å². The summed E-state index contributed by atoms with van der Waals surface area (Å²) in [6.45, 7) is 0. The van der Waals surface area contributed by atoms with Crippen molar-refractivity contribution in [1.29, 1.82) is 1.28 Å². The van der Waals surface area contributed by atoms with Crippen molar-refractivity contribution in [3.8, 4) is 0 Å². The molecule has 0 heterocycles. The highest BCUT2D eigenvalue weighted by Crippen LogP contribution is 2.34. The monoisotopic (exact) mass is 322 g/mol. The summed E-state index contributed by atoms with van der Waals surface area (Å²) in [5, 5.41) is 10.2. The van der Waals surface area contributed by atoms with Crippen molar-refractivity contribution in [2.75, 3.05) is 0 Å². The number of carbonyl (C=O) groups excluding carboxylic acids is 1. The number of carbonyl (C=O) groups is 1. The second-order valence-corrected chi connectivity index (χ2v) is 6.68. The van der Waals surface area contributed by atoms with Crippen LogP contribution in [0.15, 0.2) is 0 Å². The Balaban J connectivity index is 1.76. The molecule has 6 heteroatoms. The van der Waals surface area contributed by atoms with Crippen LogP contribution in [0.5, 0.6) is 0 Å². The first-order chi connectivity index (χ1) is 10.1. The van der Waals surface area contributed by atoms with Gasteiger partial charge in [-0.25, -0.2) is 0 Å². The third-order valence-electron chi connectivity index (χ3n) is 4.82. The number of Topliss-reactive ketones (excluding diaryl/α,β-unsaturated/α-hetero) is 1. The molecule has 5 unspecified atom stereocenters. The van der Waals surface area contributed by atoms with E-state index in [4.69, 9.17) is 10.3 Å². The minimum atomic E-state index is -0.598. The number of hydrogen-bond donors (Lipinski definition) is 1. The van der Waals surface area contributed by atoms with Gasteiger partial charge in [0.2, 0.25) is 0 Å². The highest BCUT2D eigenvalue weighted by Gasteiger charge is 2.35. The summed E-state index contributed by atoms with van der Waals surface area (Å²) < 4.78 is 17.6. The van der Waals surface area contributed by atoms with Crippen LogP contribution >= 0.6 is 18.9 Å². The fraction of sp³-hybridized carbons (Fsp3) is 0.929. The lowest BCUT2D eigenvalue weighted by atomic mass is 9.77. The van der Waals surface area contributed by atoms with E-state index in [0.29, 0.717) is 31.3 Å². The molecule has 0 radical (unpaired) electrons. The molecule has 4 nitrogen and oxygen atoms in total. The third kappa shape index (κ3) is 4.45. The van der Waals surface area contributed by atoms with Gasteiger partial charge in [0.15, 0.2) is 0 Å². The summed E-state index contributed by atoms with van der Waals surface area (Å²) in [6, 6.07) is 0. The number of rotatable bonds is 6. The summed E-state index contributed by atoms with van der Waals surface area (Å²) in [7, 11) is 2.03. The fourth-order valence-electron chi connectivity index (χ4n) is 3.50. The van der Waals surface area contributed by atoms with Gasteiger partial charge in [-0.05, 0) is 44.4 Å². The van der Waals surface area contributed by atoms with Crippen LogP contribution in [-0.4, -0.2) is 30.5 Å². The van der Waals surface area contributed by atoms with Crippen molar-refractivity contribution >= 4 is 24.7 Å². The predicted molar refractivity (Wildman–Crippen MR) is 84.1 cm³/mol. The first-order valence-corrected chi connectivity index (χ1v) is 8.40. The van der Waals surface area contributed by atoms with Gasteiger partial charge in [-0.3, -0.25) is 4.79 Å². The quantitative estimate of drug-likeness (QED) is 0.764. The van der Waals surface area contributed by atoms with Crippen LogP contribution < -0.4 is 0 Å². The molecule has 0 aromatic carbocycles. The molecule has 2 fully saturated rings. The van der Waals surface area contributed by atoms with E-state index in [1.54, 1.807) is 0 Å². The molecule has 0 aliphatic heterocycles. The van der Waals surface area contributed by atoms with Gasteiger partial charge >= 0.3 is 0 Å². The Hall–Kier alpha value is 0.410. The molecule has 1 N–H and O–H groups in total. The molecule has 2 saturated carbocycles. The molecule has 116 valence electrons.